The van der Waals surface area contributed by atoms with E-state index in [1.165, 1.54) is 0 Å². The third-order valence-corrected chi connectivity index (χ3v) is 3.89. The van der Waals surface area contributed by atoms with Gasteiger partial charge < -0.3 is 19.5 Å². The molecule has 0 saturated carbocycles. The van der Waals surface area contributed by atoms with E-state index in [9.17, 15) is 0 Å². The highest BCUT2D eigenvalue weighted by Crippen LogP contribution is 2.39. The fourth-order valence-corrected chi connectivity index (χ4v) is 2.12. The average molecular weight is 267 g/mol. The molecule has 0 aliphatic carbocycles. The quantitative estimate of drug-likeness (QED) is 0.472. The first-order valence-corrected chi connectivity index (χ1v) is 6.84. The molecule has 0 amide bonds. The third kappa shape index (κ3) is 3.21. The molecule has 1 saturated heterocycles. The summed E-state index contributed by atoms with van der Waals surface area (Å²) in [5.74, 6) is 0.584. The summed E-state index contributed by atoms with van der Waals surface area (Å²) in [7, 11) is 1.16. The summed E-state index contributed by atoms with van der Waals surface area (Å²) < 4.78 is 17.5. The van der Waals surface area contributed by atoms with Crippen LogP contribution in [-0.2, 0) is 14.0 Å². The monoisotopic (exact) mass is 267 g/mol. The van der Waals surface area contributed by atoms with E-state index in [4.69, 9.17) is 19.5 Å². The van der Waals surface area contributed by atoms with Crippen LogP contribution in [0.1, 0.15) is 54.4 Å². The Morgan fingerprint density at radius 1 is 1.16 bits per heavy atom. The Hall–Kier alpha value is -0.805. The number of rotatable bonds is 5. The van der Waals surface area contributed by atoms with Gasteiger partial charge in [0.15, 0.2) is 0 Å². The normalized spacial score (nSPS) is 22.2. The summed E-state index contributed by atoms with van der Waals surface area (Å²) in [6, 6.07) is 0. The second-order valence-corrected chi connectivity index (χ2v) is 6.02. The smallest absolute Gasteiger partial charge is 0.494 e. The zero-order chi connectivity index (χ0) is 14.8. The van der Waals surface area contributed by atoms with E-state index in [-0.39, 0.29) is 11.2 Å². The summed E-state index contributed by atoms with van der Waals surface area (Å²) in [6.45, 7) is 11.9. The van der Waals surface area contributed by atoms with Crippen LogP contribution in [0.25, 0.3) is 0 Å². The van der Waals surface area contributed by atoms with Crippen LogP contribution in [-0.4, -0.2) is 31.1 Å². The van der Waals surface area contributed by atoms with Crippen molar-refractivity contribution in [2.24, 2.45) is 0 Å². The van der Waals surface area contributed by atoms with Crippen molar-refractivity contribution in [1.82, 2.24) is 0 Å². The summed E-state index contributed by atoms with van der Waals surface area (Å²) in [6.07, 6.45) is 1.76. The molecule has 1 rings (SSSR count). The second kappa shape index (κ2) is 5.67. The second-order valence-electron chi connectivity index (χ2n) is 6.02. The molecular formula is C14H26BNO3. The molecule has 19 heavy (non-hydrogen) atoms. The predicted molar refractivity (Wildman–Crippen MR) is 78.4 cm³/mol. The van der Waals surface area contributed by atoms with E-state index in [1.807, 2.05) is 27.7 Å². The zero-order valence-corrected chi connectivity index (χ0v) is 13.2. The van der Waals surface area contributed by atoms with Crippen molar-refractivity contribution in [3.8, 4) is 0 Å². The molecule has 0 aromatic carbocycles. The van der Waals surface area contributed by atoms with Crippen LogP contribution in [0.5, 0.6) is 0 Å². The van der Waals surface area contributed by atoms with Crippen molar-refractivity contribution in [2.75, 3.05) is 7.11 Å². The third-order valence-electron chi connectivity index (χ3n) is 3.89. The molecule has 1 heterocycles. The van der Waals surface area contributed by atoms with Gasteiger partial charge in [0.25, 0.3) is 0 Å². The van der Waals surface area contributed by atoms with Gasteiger partial charge in [-0.1, -0.05) is 13.3 Å². The van der Waals surface area contributed by atoms with E-state index in [1.54, 1.807) is 14.0 Å². The molecule has 0 spiro atoms. The van der Waals surface area contributed by atoms with Gasteiger partial charge in [0, 0.05) is 5.47 Å². The molecule has 1 fully saturated rings. The van der Waals surface area contributed by atoms with Crippen LogP contribution in [0.2, 0.25) is 0 Å². The van der Waals surface area contributed by atoms with Crippen LogP contribution in [0.15, 0.2) is 11.2 Å². The SMILES string of the molecule is CCC/C(B1OC(C)(C)C(C)(C)O1)=C(/OC)C(C)=N. The Morgan fingerprint density at radius 3 is 1.95 bits per heavy atom. The lowest BCUT2D eigenvalue weighted by molar-refractivity contribution is 0.00578. The maximum absolute atomic E-state index is 7.83. The van der Waals surface area contributed by atoms with E-state index < -0.39 is 7.12 Å². The number of hydrogen-bond acceptors (Lipinski definition) is 4. The first-order valence-electron chi connectivity index (χ1n) is 6.84. The molecule has 0 aromatic heterocycles. The zero-order valence-electron chi connectivity index (χ0n) is 13.2. The van der Waals surface area contributed by atoms with Crippen molar-refractivity contribution in [3.63, 3.8) is 0 Å². The van der Waals surface area contributed by atoms with E-state index >= 15 is 0 Å². The fourth-order valence-electron chi connectivity index (χ4n) is 2.12. The predicted octanol–water partition coefficient (Wildman–Crippen LogP) is 3.36. The van der Waals surface area contributed by atoms with Crippen molar-refractivity contribution in [1.29, 1.82) is 5.41 Å². The topological polar surface area (TPSA) is 51.5 Å². The maximum atomic E-state index is 7.83. The minimum Gasteiger partial charge on any atom is -0.496 e. The maximum Gasteiger partial charge on any atom is 0.494 e. The fraction of sp³-hybridized carbons (Fsp3) is 0.786. The van der Waals surface area contributed by atoms with Gasteiger partial charge in [-0.15, -0.1) is 0 Å². The summed E-state index contributed by atoms with van der Waals surface area (Å²) >= 11 is 0. The largest absolute Gasteiger partial charge is 0.496 e. The van der Waals surface area contributed by atoms with Gasteiger partial charge in [-0.05, 0) is 41.0 Å². The Labute approximate surface area is 117 Å². The first kappa shape index (κ1) is 16.2. The lowest BCUT2D eigenvalue weighted by atomic mass is 9.74. The van der Waals surface area contributed by atoms with Crippen molar-refractivity contribution in [2.45, 2.75) is 65.6 Å². The standard InChI is InChI=1S/C14H26BNO3/c1-8-9-11(12(17-7)10(2)16)15-18-13(3,4)14(5,6)19-15/h16H,8-9H2,1-7H3/b12-11-,16-10?. The first-order chi connectivity index (χ1) is 8.66. The van der Waals surface area contributed by atoms with Crippen molar-refractivity contribution in [3.05, 3.63) is 11.2 Å². The molecule has 0 bridgehead atoms. The van der Waals surface area contributed by atoms with Crippen molar-refractivity contribution >= 4 is 12.8 Å². The Kier molecular flexibility index (Phi) is 4.85. The number of ether oxygens (including phenoxy) is 1. The highest BCUT2D eigenvalue weighted by Gasteiger charge is 2.53. The summed E-state index contributed by atoms with van der Waals surface area (Å²) in [4.78, 5) is 0. The molecule has 1 aliphatic heterocycles. The molecule has 1 aliphatic rings. The Bertz CT molecular complexity index is 372. The molecule has 0 atom stereocenters. The number of hydrogen-bond donors (Lipinski definition) is 1. The summed E-state index contributed by atoms with van der Waals surface area (Å²) in [5.41, 5.74) is 0.591. The molecular weight excluding hydrogens is 241 g/mol. The molecule has 108 valence electrons. The van der Waals surface area contributed by atoms with Gasteiger partial charge in [-0.3, -0.25) is 0 Å². The van der Waals surface area contributed by atoms with Gasteiger partial charge in [0.2, 0.25) is 0 Å². The van der Waals surface area contributed by atoms with Gasteiger partial charge in [-0.2, -0.15) is 0 Å². The lowest BCUT2D eigenvalue weighted by Crippen LogP contribution is -2.41. The molecule has 0 unspecified atom stereocenters. The Balaban J connectivity index is 3.14. The number of methoxy groups -OCH3 is 1. The molecule has 4 nitrogen and oxygen atoms in total. The molecule has 1 N–H and O–H groups in total. The molecule has 5 heteroatoms. The number of nitrogens with one attached hydrogen (secondary N) is 1. The minimum atomic E-state index is -0.430. The van der Waals surface area contributed by atoms with Gasteiger partial charge in [0.1, 0.15) is 5.76 Å². The highest BCUT2D eigenvalue weighted by atomic mass is 16.7. The Morgan fingerprint density at radius 2 is 1.63 bits per heavy atom. The highest BCUT2D eigenvalue weighted by molar-refractivity contribution is 6.55. The number of allylic oxidation sites excluding steroid dienone is 2. The van der Waals surface area contributed by atoms with Crippen LogP contribution in [0.3, 0.4) is 0 Å². The van der Waals surface area contributed by atoms with Crippen LogP contribution >= 0.6 is 0 Å². The van der Waals surface area contributed by atoms with Crippen LogP contribution in [0.4, 0.5) is 0 Å². The van der Waals surface area contributed by atoms with E-state index in [2.05, 4.69) is 6.92 Å². The van der Waals surface area contributed by atoms with Crippen LogP contribution < -0.4 is 0 Å². The van der Waals surface area contributed by atoms with E-state index in [0.717, 1.165) is 18.3 Å². The van der Waals surface area contributed by atoms with Crippen LogP contribution in [0, 0.1) is 5.41 Å². The van der Waals surface area contributed by atoms with Gasteiger partial charge in [-0.25, -0.2) is 0 Å². The molecule has 0 aromatic rings. The molecule has 0 radical (unpaired) electrons. The minimum absolute atomic E-state index is 0.370. The van der Waals surface area contributed by atoms with Gasteiger partial charge in [0.05, 0.1) is 24.0 Å². The van der Waals surface area contributed by atoms with Gasteiger partial charge >= 0.3 is 7.12 Å². The van der Waals surface area contributed by atoms with Crippen molar-refractivity contribution < 1.29 is 14.0 Å². The average Bonchev–Trinajstić information content (AvgIpc) is 2.47. The lowest BCUT2D eigenvalue weighted by Gasteiger charge is -2.32. The van der Waals surface area contributed by atoms with E-state index in [0.29, 0.717) is 11.5 Å². The summed E-state index contributed by atoms with van der Waals surface area (Å²) in [5, 5.41) is 7.83.